The van der Waals surface area contributed by atoms with Crippen LogP contribution in [-0.4, -0.2) is 12.9 Å². The first-order valence-electron chi connectivity index (χ1n) is 7.03. The van der Waals surface area contributed by atoms with E-state index in [1.165, 1.54) is 5.56 Å². The van der Waals surface area contributed by atoms with Crippen molar-refractivity contribution in [3.63, 3.8) is 0 Å². The Hall–Kier alpha value is -2.09. The number of hydrogen-bond donors (Lipinski definition) is 0. The summed E-state index contributed by atoms with van der Waals surface area (Å²) in [6, 6.07) is 15.9. The van der Waals surface area contributed by atoms with Crippen LogP contribution in [0.2, 0.25) is 0 Å². The van der Waals surface area contributed by atoms with E-state index in [2.05, 4.69) is 6.07 Å². The molecule has 2 aromatic carbocycles. The number of benzene rings is 2. The van der Waals surface area contributed by atoms with Gasteiger partial charge in [0, 0.05) is 11.5 Å². The summed E-state index contributed by atoms with van der Waals surface area (Å²) in [5.41, 5.74) is 3.21. The van der Waals surface area contributed by atoms with E-state index in [1.54, 1.807) is 7.11 Å². The Kier molecular flexibility index (Phi) is 3.55. The van der Waals surface area contributed by atoms with E-state index in [0.717, 1.165) is 36.1 Å². The largest absolute Gasteiger partial charge is 0.496 e. The van der Waals surface area contributed by atoms with Crippen molar-refractivity contribution in [2.24, 2.45) is 5.92 Å². The van der Waals surface area contributed by atoms with Gasteiger partial charge in [-0.3, -0.25) is 4.79 Å². The molecule has 1 aliphatic carbocycles. The molecule has 2 heteroatoms. The molecule has 0 saturated carbocycles. The summed E-state index contributed by atoms with van der Waals surface area (Å²) < 4.78 is 5.38. The molecule has 2 aromatic rings. The summed E-state index contributed by atoms with van der Waals surface area (Å²) in [5, 5.41) is 0. The van der Waals surface area contributed by atoms with Crippen LogP contribution in [0.15, 0.2) is 48.5 Å². The molecule has 0 N–H and O–H groups in total. The van der Waals surface area contributed by atoms with E-state index < -0.39 is 0 Å². The normalized spacial score (nSPS) is 17.6. The molecule has 0 bridgehead atoms. The van der Waals surface area contributed by atoms with Crippen LogP contribution < -0.4 is 4.74 Å². The number of ether oxygens (including phenoxy) is 1. The highest BCUT2D eigenvalue weighted by Gasteiger charge is 2.27. The molecule has 102 valence electrons. The molecule has 0 heterocycles. The molecule has 20 heavy (non-hydrogen) atoms. The first-order valence-corrected chi connectivity index (χ1v) is 7.03. The maximum absolute atomic E-state index is 12.6. The van der Waals surface area contributed by atoms with Crippen LogP contribution in [0.5, 0.6) is 5.75 Å². The molecule has 0 fully saturated rings. The molecule has 0 amide bonds. The summed E-state index contributed by atoms with van der Waals surface area (Å²) in [6.07, 6.45) is 2.67. The van der Waals surface area contributed by atoms with Crippen LogP contribution in [-0.2, 0) is 12.8 Å². The number of rotatable bonds is 3. The average molecular weight is 266 g/mol. The predicted octanol–water partition coefficient (Wildman–Crippen LogP) is 3.68. The zero-order chi connectivity index (χ0) is 13.9. The average Bonchev–Trinajstić information content (AvgIpc) is 2.51. The molecule has 1 aliphatic rings. The minimum absolute atomic E-state index is 0.0706. The van der Waals surface area contributed by atoms with Gasteiger partial charge in [0.25, 0.3) is 0 Å². The lowest BCUT2D eigenvalue weighted by Crippen LogP contribution is -2.24. The van der Waals surface area contributed by atoms with Crippen LogP contribution in [0.4, 0.5) is 0 Å². The van der Waals surface area contributed by atoms with Gasteiger partial charge in [-0.15, -0.1) is 0 Å². The SMILES string of the molecule is COc1ccccc1CC1CCc2ccccc2C1=O. The number of para-hydroxylation sites is 1. The summed E-state index contributed by atoms with van der Waals surface area (Å²) in [7, 11) is 1.68. The van der Waals surface area contributed by atoms with Crippen molar-refractivity contribution in [1.29, 1.82) is 0 Å². The van der Waals surface area contributed by atoms with Crippen LogP contribution in [0.3, 0.4) is 0 Å². The Bertz CT molecular complexity index is 631. The Labute approximate surface area is 119 Å². The minimum atomic E-state index is 0.0706. The van der Waals surface area contributed by atoms with Crippen molar-refractivity contribution >= 4 is 5.78 Å². The van der Waals surface area contributed by atoms with Crippen molar-refractivity contribution in [2.45, 2.75) is 19.3 Å². The molecule has 3 rings (SSSR count). The van der Waals surface area contributed by atoms with Crippen LogP contribution in [0, 0.1) is 5.92 Å². The molecule has 0 saturated heterocycles. The third-order valence-corrected chi connectivity index (χ3v) is 4.07. The molecule has 1 unspecified atom stereocenters. The maximum Gasteiger partial charge on any atom is 0.166 e. The second-order valence-corrected chi connectivity index (χ2v) is 5.27. The van der Waals surface area contributed by atoms with Gasteiger partial charge >= 0.3 is 0 Å². The first-order chi connectivity index (χ1) is 9.79. The molecule has 0 spiro atoms. The van der Waals surface area contributed by atoms with Crippen LogP contribution >= 0.6 is 0 Å². The third kappa shape index (κ3) is 2.34. The smallest absolute Gasteiger partial charge is 0.166 e. The Morgan fingerprint density at radius 3 is 2.70 bits per heavy atom. The number of carbonyl (C=O) groups excluding carboxylic acids is 1. The summed E-state index contributed by atoms with van der Waals surface area (Å²) in [6.45, 7) is 0. The highest BCUT2D eigenvalue weighted by molar-refractivity contribution is 6.00. The number of aryl methyl sites for hydroxylation is 1. The minimum Gasteiger partial charge on any atom is -0.496 e. The molecule has 0 aliphatic heterocycles. The molecule has 0 aromatic heterocycles. The van der Waals surface area contributed by atoms with Gasteiger partial charge < -0.3 is 4.74 Å². The summed E-state index contributed by atoms with van der Waals surface area (Å²) in [4.78, 5) is 12.6. The van der Waals surface area contributed by atoms with Gasteiger partial charge in [-0.2, -0.15) is 0 Å². The monoisotopic (exact) mass is 266 g/mol. The van der Waals surface area contributed by atoms with Gasteiger partial charge in [-0.1, -0.05) is 42.5 Å². The Balaban J connectivity index is 1.85. The van der Waals surface area contributed by atoms with E-state index in [-0.39, 0.29) is 11.7 Å². The number of ketones is 1. The topological polar surface area (TPSA) is 26.3 Å². The van der Waals surface area contributed by atoms with E-state index in [1.807, 2.05) is 42.5 Å². The number of hydrogen-bond acceptors (Lipinski definition) is 2. The molecule has 1 atom stereocenters. The van der Waals surface area contributed by atoms with Crippen molar-refractivity contribution < 1.29 is 9.53 Å². The first kappa shape index (κ1) is 12.9. The summed E-state index contributed by atoms with van der Waals surface area (Å²) in [5.74, 6) is 1.22. The van der Waals surface area contributed by atoms with E-state index >= 15 is 0 Å². The molecule has 2 nitrogen and oxygen atoms in total. The van der Waals surface area contributed by atoms with Crippen LogP contribution in [0.1, 0.15) is 27.9 Å². The van der Waals surface area contributed by atoms with Crippen LogP contribution in [0.25, 0.3) is 0 Å². The fraction of sp³-hybridized carbons (Fsp3) is 0.278. The van der Waals surface area contributed by atoms with Gasteiger partial charge in [0.1, 0.15) is 5.75 Å². The molecular formula is C18H18O2. The number of Topliss-reactive ketones (excluding diaryl/α,β-unsaturated/α-hetero) is 1. The molecular weight excluding hydrogens is 248 g/mol. The molecule has 0 radical (unpaired) electrons. The highest BCUT2D eigenvalue weighted by atomic mass is 16.5. The fourth-order valence-electron chi connectivity index (χ4n) is 2.99. The maximum atomic E-state index is 12.6. The highest BCUT2D eigenvalue weighted by Crippen LogP contribution is 2.30. The van der Waals surface area contributed by atoms with E-state index in [4.69, 9.17) is 4.74 Å². The lowest BCUT2D eigenvalue weighted by atomic mass is 9.79. The second kappa shape index (κ2) is 5.49. The van der Waals surface area contributed by atoms with Crippen molar-refractivity contribution in [3.05, 3.63) is 65.2 Å². The lowest BCUT2D eigenvalue weighted by Gasteiger charge is -2.23. The zero-order valence-electron chi connectivity index (χ0n) is 11.6. The standard InChI is InChI=1S/C18H18O2/c1-20-17-9-5-3-7-14(17)12-15-11-10-13-6-2-4-8-16(13)18(15)19/h2-9,15H,10-12H2,1H3. The third-order valence-electron chi connectivity index (χ3n) is 4.07. The number of fused-ring (bicyclic) bond motifs is 1. The van der Waals surface area contributed by atoms with Gasteiger partial charge in [-0.05, 0) is 36.5 Å². The number of carbonyl (C=O) groups is 1. The van der Waals surface area contributed by atoms with E-state index in [9.17, 15) is 4.79 Å². The fourth-order valence-corrected chi connectivity index (χ4v) is 2.99. The van der Waals surface area contributed by atoms with Crippen molar-refractivity contribution in [1.82, 2.24) is 0 Å². The van der Waals surface area contributed by atoms with Gasteiger partial charge in [0.15, 0.2) is 5.78 Å². The predicted molar refractivity (Wildman–Crippen MR) is 79.3 cm³/mol. The van der Waals surface area contributed by atoms with E-state index in [0.29, 0.717) is 0 Å². The van der Waals surface area contributed by atoms with Crippen molar-refractivity contribution in [2.75, 3.05) is 7.11 Å². The summed E-state index contributed by atoms with van der Waals surface area (Å²) >= 11 is 0. The van der Waals surface area contributed by atoms with Gasteiger partial charge in [0.05, 0.1) is 7.11 Å². The zero-order valence-corrected chi connectivity index (χ0v) is 11.6. The van der Waals surface area contributed by atoms with Crippen molar-refractivity contribution in [3.8, 4) is 5.75 Å². The Morgan fingerprint density at radius 1 is 1.10 bits per heavy atom. The quantitative estimate of drug-likeness (QED) is 0.847. The van der Waals surface area contributed by atoms with Gasteiger partial charge in [-0.25, -0.2) is 0 Å². The Morgan fingerprint density at radius 2 is 1.85 bits per heavy atom. The lowest BCUT2D eigenvalue weighted by molar-refractivity contribution is 0.0901. The van der Waals surface area contributed by atoms with Gasteiger partial charge in [0.2, 0.25) is 0 Å². The number of methoxy groups -OCH3 is 1. The second-order valence-electron chi connectivity index (χ2n) is 5.27.